The lowest BCUT2D eigenvalue weighted by Crippen LogP contribution is -2.41. The zero-order chi connectivity index (χ0) is 20.3. The molecule has 0 fully saturated rings. The van der Waals surface area contributed by atoms with Crippen LogP contribution in [0.2, 0.25) is 0 Å². The van der Waals surface area contributed by atoms with Gasteiger partial charge >= 0.3 is 0 Å². The largest absolute Gasteiger partial charge is 0.358 e. The van der Waals surface area contributed by atoms with E-state index in [4.69, 9.17) is 0 Å². The van der Waals surface area contributed by atoms with Crippen molar-refractivity contribution in [2.24, 2.45) is 5.41 Å². The fourth-order valence-corrected chi connectivity index (χ4v) is 4.14. The monoisotopic (exact) mass is 378 g/mol. The summed E-state index contributed by atoms with van der Waals surface area (Å²) in [6, 6.07) is 30.7. The molecule has 0 bridgehead atoms. The highest BCUT2D eigenvalue weighted by molar-refractivity contribution is 5.91. The fraction of sp³-hybridized carbons (Fsp3) is 0.154. The molecule has 1 N–H and O–H groups in total. The Morgan fingerprint density at radius 3 is 1.69 bits per heavy atom. The number of hydrogen-bond donors (Lipinski definition) is 1. The number of hydrogen-bond acceptors (Lipinski definition) is 2. The van der Waals surface area contributed by atoms with Gasteiger partial charge in [0.25, 0.3) is 0 Å². The van der Waals surface area contributed by atoms with Crippen LogP contribution in [0, 0.1) is 16.7 Å². The van der Waals surface area contributed by atoms with Crippen LogP contribution in [0.5, 0.6) is 0 Å². The highest BCUT2D eigenvalue weighted by Gasteiger charge is 2.39. The van der Waals surface area contributed by atoms with E-state index in [1.807, 2.05) is 48.5 Å². The second kappa shape index (κ2) is 7.77. The Bertz CT molecular complexity index is 1140. The third-order valence-corrected chi connectivity index (χ3v) is 5.62. The maximum atomic E-state index is 13.0. The van der Waals surface area contributed by atoms with Gasteiger partial charge < -0.3 is 5.32 Å². The molecule has 3 heteroatoms. The molecule has 29 heavy (non-hydrogen) atoms. The van der Waals surface area contributed by atoms with E-state index in [9.17, 15) is 10.1 Å². The molecule has 4 aromatic carbocycles. The topological polar surface area (TPSA) is 52.9 Å². The van der Waals surface area contributed by atoms with Gasteiger partial charge in [-0.05, 0) is 32.7 Å². The number of amides is 1. The van der Waals surface area contributed by atoms with E-state index in [0.29, 0.717) is 12.8 Å². The van der Waals surface area contributed by atoms with Gasteiger partial charge in [0.15, 0.2) is 0 Å². The van der Waals surface area contributed by atoms with Gasteiger partial charge in [-0.25, -0.2) is 0 Å². The molecule has 0 unspecified atom stereocenters. The van der Waals surface area contributed by atoms with Crippen molar-refractivity contribution in [2.75, 3.05) is 7.05 Å². The minimum atomic E-state index is -1.19. The molecule has 0 aliphatic rings. The number of fused-ring (bicyclic) bond motifs is 2. The number of nitrogens with one attached hydrogen (secondary N) is 1. The van der Waals surface area contributed by atoms with Gasteiger partial charge in [-0.3, -0.25) is 4.79 Å². The number of rotatable bonds is 5. The molecule has 0 aromatic heterocycles. The van der Waals surface area contributed by atoms with Crippen LogP contribution >= 0.6 is 0 Å². The Hall–Kier alpha value is -3.64. The van der Waals surface area contributed by atoms with Crippen LogP contribution < -0.4 is 5.32 Å². The summed E-state index contributed by atoms with van der Waals surface area (Å²) in [7, 11) is 1.60. The van der Waals surface area contributed by atoms with Crippen LogP contribution in [0.3, 0.4) is 0 Å². The quantitative estimate of drug-likeness (QED) is 0.529. The standard InChI is InChI=1S/C26H22N2O/c1-28-25(29)26(18-27,16-21-12-6-10-19-8-2-4-14-23(19)21)17-22-13-7-11-20-9-3-5-15-24(20)22/h2-15H,16-17H2,1H3,(H,28,29). The lowest BCUT2D eigenvalue weighted by atomic mass is 9.75. The van der Waals surface area contributed by atoms with Crippen molar-refractivity contribution in [3.05, 3.63) is 96.1 Å². The molecule has 0 radical (unpaired) electrons. The van der Waals surface area contributed by atoms with Gasteiger partial charge in [-0.2, -0.15) is 5.26 Å². The Morgan fingerprint density at radius 2 is 1.24 bits per heavy atom. The Kier molecular flexibility index (Phi) is 5.01. The van der Waals surface area contributed by atoms with Crippen molar-refractivity contribution in [2.45, 2.75) is 12.8 Å². The van der Waals surface area contributed by atoms with Crippen molar-refractivity contribution in [3.8, 4) is 6.07 Å². The number of nitrogens with zero attached hydrogens (tertiary/aromatic N) is 1. The third kappa shape index (κ3) is 3.46. The van der Waals surface area contributed by atoms with Gasteiger partial charge in [0.1, 0.15) is 5.41 Å². The number of carbonyl (C=O) groups is 1. The summed E-state index contributed by atoms with van der Waals surface area (Å²) in [6.07, 6.45) is 0.710. The summed E-state index contributed by atoms with van der Waals surface area (Å²) < 4.78 is 0. The molecular weight excluding hydrogens is 356 g/mol. The van der Waals surface area contributed by atoms with Crippen LogP contribution in [-0.4, -0.2) is 13.0 Å². The molecule has 4 aromatic rings. The molecule has 1 amide bonds. The van der Waals surface area contributed by atoms with Gasteiger partial charge in [0.2, 0.25) is 5.91 Å². The number of carbonyl (C=O) groups excluding carboxylic acids is 1. The maximum absolute atomic E-state index is 13.0. The van der Waals surface area contributed by atoms with E-state index in [2.05, 4.69) is 47.8 Å². The minimum absolute atomic E-state index is 0.249. The molecule has 3 nitrogen and oxygen atoms in total. The van der Waals surface area contributed by atoms with Crippen molar-refractivity contribution in [3.63, 3.8) is 0 Å². The first kappa shape index (κ1) is 18.7. The molecule has 0 aliphatic carbocycles. The summed E-state index contributed by atoms with van der Waals surface area (Å²) in [5.74, 6) is -0.249. The Labute approximate surface area is 170 Å². The van der Waals surface area contributed by atoms with Crippen LogP contribution in [0.15, 0.2) is 84.9 Å². The summed E-state index contributed by atoms with van der Waals surface area (Å²) >= 11 is 0. The molecule has 0 aliphatic heterocycles. The van der Waals surface area contributed by atoms with E-state index in [-0.39, 0.29) is 5.91 Å². The molecule has 0 atom stereocenters. The average Bonchev–Trinajstić information content (AvgIpc) is 2.78. The highest BCUT2D eigenvalue weighted by Crippen LogP contribution is 2.33. The molecule has 4 rings (SSSR count). The zero-order valence-electron chi connectivity index (χ0n) is 16.4. The minimum Gasteiger partial charge on any atom is -0.358 e. The van der Waals surface area contributed by atoms with Crippen LogP contribution in [0.25, 0.3) is 21.5 Å². The van der Waals surface area contributed by atoms with E-state index in [1.54, 1.807) is 7.05 Å². The Morgan fingerprint density at radius 1 is 0.793 bits per heavy atom. The van der Waals surface area contributed by atoms with Crippen molar-refractivity contribution >= 4 is 27.5 Å². The summed E-state index contributed by atoms with van der Waals surface area (Å²) in [4.78, 5) is 13.0. The SMILES string of the molecule is CNC(=O)C(C#N)(Cc1cccc2ccccc12)Cc1cccc2ccccc12. The third-order valence-electron chi connectivity index (χ3n) is 5.62. The maximum Gasteiger partial charge on any atom is 0.240 e. The van der Waals surface area contributed by atoms with Crippen LogP contribution in [-0.2, 0) is 17.6 Å². The lowest BCUT2D eigenvalue weighted by Gasteiger charge is -2.26. The van der Waals surface area contributed by atoms with Crippen LogP contribution in [0.1, 0.15) is 11.1 Å². The van der Waals surface area contributed by atoms with Crippen LogP contribution in [0.4, 0.5) is 0 Å². The number of nitriles is 1. The molecule has 0 heterocycles. The predicted molar refractivity (Wildman–Crippen MR) is 117 cm³/mol. The normalized spacial score (nSPS) is 11.3. The van der Waals surface area contributed by atoms with Gasteiger partial charge in [0, 0.05) is 19.9 Å². The molecule has 142 valence electrons. The Balaban J connectivity index is 1.83. The first-order valence-corrected chi connectivity index (χ1v) is 9.73. The summed E-state index contributed by atoms with van der Waals surface area (Å²) in [6.45, 7) is 0. The van der Waals surface area contributed by atoms with Crippen molar-refractivity contribution < 1.29 is 4.79 Å². The van der Waals surface area contributed by atoms with Gasteiger partial charge in [0.05, 0.1) is 6.07 Å². The molecular formula is C26H22N2O. The number of benzene rings is 4. The first-order valence-electron chi connectivity index (χ1n) is 9.73. The zero-order valence-corrected chi connectivity index (χ0v) is 16.4. The second-order valence-corrected chi connectivity index (χ2v) is 7.40. The summed E-state index contributed by atoms with van der Waals surface area (Å²) in [5, 5.41) is 17.3. The molecule has 0 saturated carbocycles. The van der Waals surface area contributed by atoms with E-state index in [0.717, 1.165) is 32.7 Å². The van der Waals surface area contributed by atoms with Gasteiger partial charge in [-0.15, -0.1) is 0 Å². The molecule has 0 saturated heterocycles. The summed E-state index contributed by atoms with van der Waals surface area (Å²) in [5.41, 5.74) is 0.824. The predicted octanol–water partition coefficient (Wildman–Crippen LogP) is 5.03. The second-order valence-electron chi connectivity index (χ2n) is 7.40. The highest BCUT2D eigenvalue weighted by atomic mass is 16.2. The smallest absolute Gasteiger partial charge is 0.240 e. The van der Waals surface area contributed by atoms with Gasteiger partial charge in [-0.1, -0.05) is 84.9 Å². The first-order chi connectivity index (χ1) is 14.2. The van der Waals surface area contributed by atoms with E-state index in [1.165, 1.54) is 0 Å². The fourth-order valence-electron chi connectivity index (χ4n) is 4.14. The molecule has 0 spiro atoms. The van der Waals surface area contributed by atoms with Crippen molar-refractivity contribution in [1.29, 1.82) is 5.26 Å². The average molecular weight is 378 g/mol. The van der Waals surface area contributed by atoms with Crippen molar-refractivity contribution in [1.82, 2.24) is 5.32 Å². The van der Waals surface area contributed by atoms with E-state index >= 15 is 0 Å². The lowest BCUT2D eigenvalue weighted by molar-refractivity contribution is -0.127. The van der Waals surface area contributed by atoms with E-state index < -0.39 is 5.41 Å².